The highest BCUT2D eigenvalue weighted by atomic mass is 32.2. The number of hydrogen-bond acceptors (Lipinski definition) is 9. The number of hydrogen-bond donors (Lipinski definition) is 3. The Morgan fingerprint density at radius 1 is 0.913 bits per heavy atom. The molecule has 0 spiro atoms. The van der Waals surface area contributed by atoms with Gasteiger partial charge in [-0.05, 0) is 69.3 Å². The summed E-state index contributed by atoms with van der Waals surface area (Å²) in [6.45, 7) is 6.11. The first-order chi connectivity index (χ1) is 22.2. The quantitative estimate of drug-likeness (QED) is 0.0831. The molecule has 0 aliphatic rings. The van der Waals surface area contributed by atoms with Crippen LogP contribution in [0.4, 0.5) is 10.8 Å². The first-order valence-electron chi connectivity index (χ1n) is 14.5. The SMILES string of the molecule is CCOC(=O)Cc1csc(NC(=O)C(C)Sc2ccc(NC(=O)/C(=C/c3ccccc3OCC)NC(=O)c3ccccc3)cc2)n1. The number of ether oxygens (including phenoxy) is 2. The van der Waals surface area contributed by atoms with E-state index >= 15 is 0 Å². The van der Waals surface area contributed by atoms with E-state index in [9.17, 15) is 19.2 Å². The van der Waals surface area contributed by atoms with E-state index in [0.717, 1.165) is 4.90 Å². The van der Waals surface area contributed by atoms with Crippen LogP contribution in [0.3, 0.4) is 0 Å². The average molecular weight is 659 g/mol. The monoisotopic (exact) mass is 658 g/mol. The molecule has 0 aliphatic carbocycles. The molecule has 0 fully saturated rings. The highest BCUT2D eigenvalue weighted by Crippen LogP contribution is 2.27. The van der Waals surface area contributed by atoms with Crippen LogP contribution in [0.2, 0.25) is 0 Å². The number of rotatable bonds is 14. The predicted octanol–water partition coefficient (Wildman–Crippen LogP) is 6.18. The average Bonchev–Trinajstić information content (AvgIpc) is 3.49. The Balaban J connectivity index is 1.41. The molecule has 12 heteroatoms. The minimum absolute atomic E-state index is 0.0392. The molecular weight excluding hydrogens is 625 g/mol. The lowest BCUT2D eigenvalue weighted by atomic mass is 10.1. The van der Waals surface area contributed by atoms with Crippen molar-refractivity contribution in [2.75, 3.05) is 23.8 Å². The third-order valence-electron chi connectivity index (χ3n) is 6.25. The summed E-state index contributed by atoms with van der Waals surface area (Å²) in [7, 11) is 0. The second-order valence-corrected chi connectivity index (χ2v) is 12.0. The minimum atomic E-state index is -0.519. The summed E-state index contributed by atoms with van der Waals surface area (Å²) in [4.78, 5) is 56.0. The number of amides is 3. The van der Waals surface area contributed by atoms with Gasteiger partial charge in [0, 0.05) is 27.1 Å². The van der Waals surface area contributed by atoms with Gasteiger partial charge in [0.25, 0.3) is 11.8 Å². The molecule has 238 valence electrons. The van der Waals surface area contributed by atoms with Gasteiger partial charge in [0.2, 0.25) is 5.91 Å². The number of thiazole rings is 1. The van der Waals surface area contributed by atoms with Gasteiger partial charge < -0.3 is 25.4 Å². The number of anilines is 2. The van der Waals surface area contributed by atoms with Gasteiger partial charge in [-0.3, -0.25) is 19.2 Å². The van der Waals surface area contributed by atoms with Crippen LogP contribution in [-0.4, -0.2) is 47.1 Å². The number of esters is 1. The van der Waals surface area contributed by atoms with E-state index in [2.05, 4.69) is 20.9 Å². The van der Waals surface area contributed by atoms with Crippen molar-refractivity contribution < 1.29 is 28.7 Å². The number of benzene rings is 3. The number of nitrogens with one attached hydrogen (secondary N) is 3. The summed E-state index contributed by atoms with van der Waals surface area (Å²) >= 11 is 2.58. The van der Waals surface area contributed by atoms with Gasteiger partial charge in [0.1, 0.15) is 11.4 Å². The molecule has 3 aromatic carbocycles. The Hall–Kier alpha value is -4.94. The van der Waals surface area contributed by atoms with Crippen molar-refractivity contribution in [2.24, 2.45) is 0 Å². The normalized spacial score (nSPS) is 11.7. The van der Waals surface area contributed by atoms with Crippen LogP contribution >= 0.6 is 23.1 Å². The van der Waals surface area contributed by atoms with Gasteiger partial charge in [-0.25, -0.2) is 4.98 Å². The van der Waals surface area contributed by atoms with Crippen molar-refractivity contribution in [1.29, 1.82) is 0 Å². The van der Waals surface area contributed by atoms with E-state index in [1.807, 2.05) is 19.1 Å². The van der Waals surface area contributed by atoms with Gasteiger partial charge >= 0.3 is 5.97 Å². The smallest absolute Gasteiger partial charge is 0.311 e. The standard InChI is InChI=1S/C34H34N4O6S2/c1-4-43-29-14-10-9-13-24(29)19-28(37-32(41)23-11-7-6-8-12-23)33(42)35-25-15-17-27(18-16-25)46-22(3)31(40)38-34-36-26(21-45-34)20-30(39)44-5-2/h6-19,21-22H,4-5,20H2,1-3H3,(H,35,42)(H,37,41)(H,36,38,40)/b28-19-. The first-order valence-corrected chi connectivity index (χ1v) is 16.3. The van der Waals surface area contributed by atoms with Crippen molar-refractivity contribution in [3.8, 4) is 5.75 Å². The largest absolute Gasteiger partial charge is 0.493 e. The molecule has 0 aliphatic heterocycles. The highest BCUT2D eigenvalue weighted by molar-refractivity contribution is 8.00. The number of carbonyl (C=O) groups is 4. The lowest BCUT2D eigenvalue weighted by molar-refractivity contribution is -0.142. The Labute approximate surface area is 275 Å². The first kappa shape index (κ1) is 33.9. The van der Waals surface area contributed by atoms with E-state index in [-0.39, 0.29) is 24.0 Å². The van der Waals surface area contributed by atoms with E-state index in [1.54, 1.807) is 92.0 Å². The Morgan fingerprint density at radius 2 is 1.63 bits per heavy atom. The van der Waals surface area contributed by atoms with Crippen LogP contribution in [0.25, 0.3) is 6.08 Å². The van der Waals surface area contributed by atoms with Gasteiger partial charge in [-0.15, -0.1) is 23.1 Å². The number of para-hydroxylation sites is 1. The van der Waals surface area contributed by atoms with Crippen LogP contribution < -0.4 is 20.7 Å². The molecule has 1 unspecified atom stereocenters. The second kappa shape index (κ2) is 16.9. The minimum Gasteiger partial charge on any atom is -0.493 e. The molecule has 46 heavy (non-hydrogen) atoms. The molecule has 4 rings (SSSR count). The van der Waals surface area contributed by atoms with Crippen LogP contribution in [0, 0.1) is 0 Å². The topological polar surface area (TPSA) is 136 Å². The van der Waals surface area contributed by atoms with Gasteiger partial charge in [-0.2, -0.15) is 0 Å². The summed E-state index contributed by atoms with van der Waals surface area (Å²) in [5, 5.41) is 10.0. The zero-order valence-corrected chi connectivity index (χ0v) is 27.2. The Bertz CT molecular complexity index is 1690. The lowest BCUT2D eigenvalue weighted by Crippen LogP contribution is -2.30. The second-order valence-electron chi connectivity index (χ2n) is 9.70. The summed E-state index contributed by atoms with van der Waals surface area (Å²) in [5.41, 5.74) is 2.12. The molecule has 0 saturated carbocycles. The lowest BCUT2D eigenvalue weighted by Gasteiger charge is -2.14. The van der Waals surface area contributed by atoms with E-state index in [4.69, 9.17) is 9.47 Å². The Morgan fingerprint density at radius 3 is 2.35 bits per heavy atom. The number of nitrogens with zero attached hydrogens (tertiary/aromatic N) is 1. The highest BCUT2D eigenvalue weighted by Gasteiger charge is 2.19. The molecule has 0 bridgehead atoms. The molecule has 1 heterocycles. The van der Waals surface area contributed by atoms with Gasteiger partial charge in [0.15, 0.2) is 5.13 Å². The zero-order valence-electron chi connectivity index (χ0n) is 25.6. The van der Waals surface area contributed by atoms with E-state index in [1.165, 1.54) is 23.1 Å². The van der Waals surface area contributed by atoms with Crippen molar-refractivity contribution >= 4 is 63.7 Å². The summed E-state index contributed by atoms with van der Waals surface area (Å²) < 4.78 is 10.6. The van der Waals surface area contributed by atoms with Crippen LogP contribution in [-0.2, 0) is 25.5 Å². The van der Waals surface area contributed by atoms with Crippen LogP contribution in [0.1, 0.15) is 42.4 Å². The molecular formula is C34H34N4O6S2. The molecule has 4 aromatic rings. The third kappa shape index (κ3) is 10.0. The van der Waals surface area contributed by atoms with Crippen LogP contribution in [0.15, 0.2) is 94.8 Å². The van der Waals surface area contributed by atoms with Crippen molar-refractivity contribution in [3.63, 3.8) is 0 Å². The van der Waals surface area contributed by atoms with Crippen molar-refractivity contribution in [3.05, 3.63) is 107 Å². The molecule has 0 saturated heterocycles. The zero-order chi connectivity index (χ0) is 32.9. The molecule has 1 aromatic heterocycles. The summed E-state index contributed by atoms with van der Waals surface area (Å²) in [6, 6.07) is 22.9. The molecule has 10 nitrogen and oxygen atoms in total. The number of aromatic nitrogens is 1. The Kier molecular flexibility index (Phi) is 12.5. The van der Waals surface area contributed by atoms with E-state index in [0.29, 0.717) is 46.6 Å². The maximum absolute atomic E-state index is 13.4. The molecule has 1 atom stereocenters. The van der Waals surface area contributed by atoms with Crippen molar-refractivity contribution in [2.45, 2.75) is 37.3 Å². The van der Waals surface area contributed by atoms with E-state index < -0.39 is 17.1 Å². The van der Waals surface area contributed by atoms with Crippen LogP contribution in [0.5, 0.6) is 5.75 Å². The third-order valence-corrected chi connectivity index (χ3v) is 8.17. The fourth-order valence-electron chi connectivity index (χ4n) is 4.07. The fourth-order valence-corrected chi connectivity index (χ4v) is 5.65. The number of thioether (sulfide) groups is 1. The predicted molar refractivity (Wildman–Crippen MR) is 181 cm³/mol. The fraction of sp³-hybridized carbons (Fsp3) is 0.206. The van der Waals surface area contributed by atoms with Gasteiger partial charge in [0.05, 0.1) is 30.6 Å². The summed E-state index contributed by atoms with van der Waals surface area (Å²) in [5.74, 6) is -0.978. The molecule has 3 N–H and O–H groups in total. The maximum atomic E-state index is 13.4. The molecule has 0 radical (unpaired) electrons. The maximum Gasteiger partial charge on any atom is 0.311 e. The summed E-state index contributed by atoms with van der Waals surface area (Å²) in [6.07, 6.45) is 1.62. The molecule has 3 amide bonds. The van der Waals surface area contributed by atoms with Gasteiger partial charge in [-0.1, -0.05) is 36.4 Å². The van der Waals surface area contributed by atoms with Crippen molar-refractivity contribution in [1.82, 2.24) is 10.3 Å². The number of carbonyl (C=O) groups excluding carboxylic acids is 4.